The summed E-state index contributed by atoms with van der Waals surface area (Å²) in [6.45, 7) is 8.15. The quantitative estimate of drug-likeness (QED) is 0.739. The molecule has 0 N–H and O–H groups in total. The first-order chi connectivity index (χ1) is 9.81. The van der Waals surface area contributed by atoms with E-state index in [9.17, 15) is 9.59 Å². The van der Waals surface area contributed by atoms with Crippen molar-refractivity contribution in [1.29, 1.82) is 0 Å². The van der Waals surface area contributed by atoms with Crippen molar-refractivity contribution < 1.29 is 19.1 Å². The van der Waals surface area contributed by atoms with Crippen molar-refractivity contribution in [3.63, 3.8) is 0 Å². The summed E-state index contributed by atoms with van der Waals surface area (Å²) in [5.74, 6) is 0.272. The highest BCUT2D eigenvalue weighted by Gasteiger charge is 2.42. The van der Waals surface area contributed by atoms with Gasteiger partial charge in [-0.2, -0.15) is 0 Å². The summed E-state index contributed by atoms with van der Waals surface area (Å²) in [4.78, 5) is 27.8. The van der Waals surface area contributed by atoms with Crippen LogP contribution in [0.3, 0.4) is 0 Å². The molecule has 1 saturated carbocycles. The molecule has 0 aromatic heterocycles. The SMILES string of the molecule is COC(=O)C(C1CC1)N1CCN(C(=O)OC(C)(C)C)CC1. The summed E-state index contributed by atoms with van der Waals surface area (Å²) >= 11 is 0. The number of hydrogen-bond donors (Lipinski definition) is 0. The van der Waals surface area contributed by atoms with Crippen LogP contribution in [0.4, 0.5) is 4.79 Å². The normalized spacial score (nSPS) is 21.8. The molecule has 1 unspecified atom stereocenters. The van der Waals surface area contributed by atoms with Crippen molar-refractivity contribution in [1.82, 2.24) is 9.80 Å². The topological polar surface area (TPSA) is 59.1 Å². The summed E-state index contributed by atoms with van der Waals surface area (Å²) in [5.41, 5.74) is -0.475. The molecule has 0 bridgehead atoms. The van der Waals surface area contributed by atoms with E-state index in [-0.39, 0.29) is 18.1 Å². The van der Waals surface area contributed by atoms with E-state index >= 15 is 0 Å². The molecular formula is C15H26N2O4. The summed E-state index contributed by atoms with van der Waals surface area (Å²) in [6, 6.07) is -0.143. The van der Waals surface area contributed by atoms with Gasteiger partial charge in [-0.1, -0.05) is 0 Å². The molecule has 21 heavy (non-hydrogen) atoms. The van der Waals surface area contributed by atoms with Crippen LogP contribution in [-0.2, 0) is 14.3 Å². The van der Waals surface area contributed by atoms with Crippen LogP contribution in [0.5, 0.6) is 0 Å². The zero-order chi connectivity index (χ0) is 15.6. The summed E-state index contributed by atoms with van der Waals surface area (Å²) in [7, 11) is 1.44. The van der Waals surface area contributed by atoms with Gasteiger partial charge in [-0.25, -0.2) is 4.79 Å². The number of ether oxygens (including phenoxy) is 2. The van der Waals surface area contributed by atoms with Crippen molar-refractivity contribution in [3.8, 4) is 0 Å². The largest absolute Gasteiger partial charge is 0.468 e. The number of carbonyl (C=O) groups excluding carboxylic acids is 2. The average Bonchev–Trinajstić information content (AvgIpc) is 3.22. The molecule has 0 spiro atoms. The third kappa shape index (κ3) is 4.33. The highest BCUT2D eigenvalue weighted by atomic mass is 16.6. The molecule has 6 nitrogen and oxygen atoms in total. The molecule has 1 aliphatic heterocycles. The lowest BCUT2D eigenvalue weighted by atomic mass is 10.1. The fraction of sp³-hybridized carbons (Fsp3) is 0.867. The molecule has 2 fully saturated rings. The fourth-order valence-electron chi connectivity index (χ4n) is 2.68. The number of rotatable bonds is 3. The zero-order valence-corrected chi connectivity index (χ0v) is 13.4. The van der Waals surface area contributed by atoms with Crippen LogP contribution in [0.1, 0.15) is 33.6 Å². The molecule has 120 valence electrons. The van der Waals surface area contributed by atoms with E-state index in [0.29, 0.717) is 32.1 Å². The lowest BCUT2D eigenvalue weighted by molar-refractivity contribution is -0.148. The van der Waals surface area contributed by atoms with E-state index in [4.69, 9.17) is 9.47 Å². The van der Waals surface area contributed by atoms with Gasteiger partial charge in [0.15, 0.2) is 0 Å². The lowest BCUT2D eigenvalue weighted by Crippen LogP contribution is -2.55. The number of methoxy groups -OCH3 is 1. The molecule has 0 aromatic carbocycles. The van der Waals surface area contributed by atoms with Gasteiger partial charge in [-0.3, -0.25) is 9.69 Å². The van der Waals surface area contributed by atoms with Gasteiger partial charge in [0.1, 0.15) is 11.6 Å². The molecule has 0 aromatic rings. The Morgan fingerprint density at radius 1 is 1.10 bits per heavy atom. The smallest absolute Gasteiger partial charge is 0.410 e. The third-order valence-corrected chi connectivity index (χ3v) is 3.87. The number of carbonyl (C=O) groups is 2. The first-order valence-corrected chi connectivity index (χ1v) is 7.61. The Bertz CT molecular complexity index is 393. The Hall–Kier alpha value is -1.30. The molecule has 1 amide bonds. The van der Waals surface area contributed by atoms with Crippen molar-refractivity contribution in [3.05, 3.63) is 0 Å². The summed E-state index contributed by atoms with van der Waals surface area (Å²) < 4.78 is 10.3. The summed E-state index contributed by atoms with van der Waals surface area (Å²) in [5, 5.41) is 0. The molecular weight excluding hydrogens is 272 g/mol. The maximum absolute atomic E-state index is 12.0. The van der Waals surface area contributed by atoms with Crippen molar-refractivity contribution >= 4 is 12.1 Å². The molecule has 2 rings (SSSR count). The Labute approximate surface area is 126 Å². The molecule has 1 atom stereocenters. The van der Waals surface area contributed by atoms with Crippen LogP contribution in [0.2, 0.25) is 0 Å². The minimum atomic E-state index is -0.475. The first-order valence-electron chi connectivity index (χ1n) is 7.61. The standard InChI is InChI=1S/C15H26N2O4/c1-15(2,3)21-14(19)17-9-7-16(8-10-17)12(11-5-6-11)13(18)20-4/h11-12H,5-10H2,1-4H3. The third-order valence-electron chi connectivity index (χ3n) is 3.87. The lowest BCUT2D eigenvalue weighted by Gasteiger charge is -2.38. The zero-order valence-electron chi connectivity index (χ0n) is 13.4. The second kappa shape index (κ2) is 6.22. The maximum atomic E-state index is 12.0. The number of amides is 1. The molecule has 6 heteroatoms. The van der Waals surface area contributed by atoms with Crippen LogP contribution >= 0.6 is 0 Å². The van der Waals surface area contributed by atoms with Crippen LogP contribution in [0.15, 0.2) is 0 Å². The Balaban J connectivity index is 1.87. The van der Waals surface area contributed by atoms with Crippen molar-refractivity contribution in [2.24, 2.45) is 5.92 Å². The summed E-state index contributed by atoms with van der Waals surface area (Å²) in [6.07, 6.45) is 1.90. The predicted molar refractivity (Wildman–Crippen MR) is 77.9 cm³/mol. The average molecular weight is 298 g/mol. The predicted octanol–water partition coefficient (Wildman–Crippen LogP) is 1.49. The van der Waals surface area contributed by atoms with Crippen molar-refractivity contribution in [2.75, 3.05) is 33.3 Å². The molecule has 1 heterocycles. The van der Waals surface area contributed by atoms with Gasteiger partial charge in [0, 0.05) is 26.2 Å². The van der Waals surface area contributed by atoms with E-state index in [1.54, 1.807) is 4.90 Å². The van der Waals surface area contributed by atoms with E-state index < -0.39 is 5.60 Å². The van der Waals surface area contributed by atoms with Gasteiger partial charge in [-0.15, -0.1) is 0 Å². The molecule has 1 saturated heterocycles. The molecule has 0 radical (unpaired) electrons. The maximum Gasteiger partial charge on any atom is 0.410 e. The van der Waals surface area contributed by atoms with Gasteiger partial charge in [0.2, 0.25) is 0 Å². The first kappa shape index (κ1) is 16.1. The van der Waals surface area contributed by atoms with Crippen molar-refractivity contribution in [2.45, 2.75) is 45.3 Å². The van der Waals surface area contributed by atoms with E-state index in [0.717, 1.165) is 12.8 Å². The number of nitrogens with zero attached hydrogens (tertiary/aromatic N) is 2. The van der Waals surface area contributed by atoms with Crippen LogP contribution in [0, 0.1) is 5.92 Å². The van der Waals surface area contributed by atoms with Gasteiger partial charge in [0.05, 0.1) is 7.11 Å². The minimum absolute atomic E-state index is 0.143. The number of esters is 1. The Morgan fingerprint density at radius 2 is 1.67 bits per heavy atom. The number of hydrogen-bond acceptors (Lipinski definition) is 5. The molecule has 2 aliphatic rings. The Kier molecular flexibility index (Phi) is 4.76. The minimum Gasteiger partial charge on any atom is -0.468 e. The second-order valence-corrected chi connectivity index (χ2v) is 6.81. The Morgan fingerprint density at radius 3 is 2.10 bits per heavy atom. The highest BCUT2D eigenvalue weighted by molar-refractivity contribution is 5.76. The van der Waals surface area contributed by atoms with Gasteiger partial charge in [-0.05, 0) is 39.5 Å². The van der Waals surface area contributed by atoms with E-state index in [2.05, 4.69) is 4.90 Å². The van der Waals surface area contributed by atoms with Gasteiger partial charge >= 0.3 is 12.1 Å². The van der Waals surface area contributed by atoms with Gasteiger partial charge < -0.3 is 14.4 Å². The van der Waals surface area contributed by atoms with Crippen LogP contribution < -0.4 is 0 Å². The molecule has 1 aliphatic carbocycles. The fourth-order valence-corrected chi connectivity index (χ4v) is 2.68. The van der Waals surface area contributed by atoms with Crippen LogP contribution in [-0.4, -0.2) is 66.8 Å². The number of piperazine rings is 1. The monoisotopic (exact) mass is 298 g/mol. The van der Waals surface area contributed by atoms with Gasteiger partial charge in [0.25, 0.3) is 0 Å². The second-order valence-electron chi connectivity index (χ2n) is 6.81. The van der Waals surface area contributed by atoms with E-state index in [1.165, 1.54) is 7.11 Å². The van der Waals surface area contributed by atoms with E-state index in [1.807, 2.05) is 20.8 Å². The highest BCUT2D eigenvalue weighted by Crippen LogP contribution is 2.36. The van der Waals surface area contributed by atoms with Crippen LogP contribution in [0.25, 0.3) is 0 Å².